The van der Waals surface area contributed by atoms with Crippen molar-refractivity contribution >= 4 is 6.09 Å². The minimum Gasteiger partial charge on any atom is -0.444 e. The van der Waals surface area contributed by atoms with Crippen LogP contribution in [-0.2, 0) is 4.74 Å². The summed E-state index contributed by atoms with van der Waals surface area (Å²) >= 11 is 0. The first-order chi connectivity index (χ1) is 8.94. The standard InChI is InChI=1S/C15H28N2O2/c1-15(2,3)19-14(18)17-10-13(11-17)16-12-8-6-4-5-7-9-12/h12-13,16H,4-11H2,1-3H3. The fraction of sp³-hybridized carbons (Fsp3) is 0.933. The van der Waals surface area contributed by atoms with Crippen LogP contribution < -0.4 is 5.32 Å². The predicted molar refractivity (Wildman–Crippen MR) is 76.2 cm³/mol. The molecule has 1 heterocycles. The fourth-order valence-corrected chi connectivity index (χ4v) is 2.84. The molecule has 0 aromatic carbocycles. The summed E-state index contributed by atoms with van der Waals surface area (Å²) < 4.78 is 5.36. The SMILES string of the molecule is CC(C)(C)OC(=O)N1CC(NC2CCCCCC2)C1. The van der Waals surface area contributed by atoms with Crippen LogP contribution in [0.4, 0.5) is 4.79 Å². The smallest absolute Gasteiger partial charge is 0.410 e. The summed E-state index contributed by atoms with van der Waals surface area (Å²) in [6.45, 7) is 7.32. The highest BCUT2D eigenvalue weighted by Gasteiger charge is 2.34. The largest absolute Gasteiger partial charge is 0.444 e. The van der Waals surface area contributed by atoms with Crippen molar-refractivity contribution in [3.63, 3.8) is 0 Å². The third kappa shape index (κ3) is 4.68. The van der Waals surface area contributed by atoms with Gasteiger partial charge in [0.2, 0.25) is 0 Å². The summed E-state index contributed by atoms with van der Waals surface area (Å²) in [5, 5.41) is 3.69. The van der Waals surface area contributed by atoms with Gasteiger partial charge in [-0.15, -0.1) is 0 Å². The molecule has 1 aliphatic heterocycles. The number of nitrogens with one attached hydrogen (secondary N) is 1. The monoisotopic (exact) mass is 268 g/mol. The lowest BCUT2D eigenvalue weighted by Crippen LogP contribution is -2.62. The topological polar surface area (TPSA) is 41.6 Å². The van der Waals surface area contributed by atoms with Crippen molar-refractivity contribution in [2.75, 3.05) is 13.1 Å². The maximum absolute atomic E-state index is 11.8. The van der Waals surface area contributed by atoms with Crippen LogP contribution in [0.25, 0.3) is 0 Å². The summed E-state index contributed by atoms with van der Waals surface area (Å²) in [5.41, 5.74) is -0.392. The molecule has 110 valence electrons. The molecule has 1 amide bonds. The van der Waals surface area contributed by atoms with Gasteiger partial charge in [0.05, 0.1) is 0 Å². The van der Waals surface area contributed by atoms with Crippen LogP contribution in [0, 0.1) is 0 Å². The van der Waals surface area contributed by atoms with E-state index >= 15 is 0 Å². The van der Waals surface area contributed by atoms with Crippen LogP contribution in [0.15, 0.2) is 0 Å². The molecule has 1 N–H and O–H groups in total. The average Bonchev–Trinajstić information content (AvgIpc) is 2.48. The summed E-state index contributed by atoms with van der Waals surface area (Å²) in [6.07, 6.45) is 7.87. The molecule has 0 unspecified atom stereocenters. The first-order valence-corrected chi connectivity index (χ1v) is 7.68. The highest BCUT2D eigenvalue weighted by atomic mass is 16.6. The Morgan fingerprint density at radius 2 is 1.63 bits per heavy atom. The minimum absolute atomic E-state index is 0.175. The molecule has 1 saturated heterocycles. The van der Waals surface area contributed by atoms with E-state index in [1.54, 1.807) is 4.90 Å². The second-order valence-electron chi connectivity index (χ2n) is 6.94. The number of hydrogen-bond donors (Lipinski definition) is 1. The fourth-order valence-electron chi connectivity index (χ4n) is 2.84. The summed E-state index contributed by atoms with van der Waals surface area (Å²) in [4.78, 5) is 13.6. The Balaban J connectivity index is 1.66. The van der Waals surface area contributed by atoms with Crippen molar-refractivity contribution in [3.05, 3.63) is 0 Å². The van der Waals surface area contributed by atoms with Gasteiger partial charge >= 0.3 is 6.09 Å². The van der Waals surface area contributed by atoms with Crippen molar-refractivity contribution < 1.29 is 9.53 Å². The predicted octanol–water partition coefficient (Wildman–Crippen LogP) is 2.92. The maximum atomic E-state index is 11.8. The first-order valence-electron chi connectivity index (χ1n) is 7.68. The average molecular weight is 268 g/mol. The van der Waals surface area contributed by atoms with Gasteiger partial charge in [-0.05, 0) is 33.6 Å². The van der Waals surface area contributed by atoms with Crippen LogP contribution >= 0.6 is 0 Å². The molecule has 19 heavy (non-hydrogen) atoms. The normalized spacial score (nSPS) is 22.8. The van der Waals surface area contributed by atoms with Gasteiger partial charge in [0.1, 0.15) is 5.60 Å². The van der Waals surface area contributed by atoms with Gasteiger partial charge in [-0.1, -0.05) is 25.7 Å². The molecule has 0 aromatic heterocycles. The van der Waals surface area contributed by atoms with E-state index in [-0.39, 0.29) is 6.09 Å². The van der Waals surface area contributed by atoms with Crippen molar-refractivity contribution in [3.8, 4) is 0 Å². The molecule has 1 saturated carbocycles. The molecule has 0 bridgehead atoms. The summed E-state index contributed by atoms with van der Waals surface area (Å²) in [6, 6.07) is 1.13. The lowest BCUT2D eigenvalue weighted by molar-refractivity contribution is 0.00396. The quantitative estimate of drug-likeness (QED) is 0.783. The van der Waals surface area contributed by atoms with E-state index < -0.39 is 5.60 Å². The van der Waals surface area contributed by atoms with E-state index in [0.29, 0.717) is 12.1 Å². The molecule has 2 fully saturated rings. The van der Waals surface area contributed by atoms with Crippen molar-refractivity contribution in [1.82, 2.24) is 10.2 Å². The molecule has 4 heteroatoms. The van der Waals surface area contributed by atoms with Gasteiger partial charge < -0.3 is 15.0 Å². The van der Waals surface area contributed by atoms with Crippen molar-refractivity contribution in [2.45, 2.75) is 77.0 Å². The van der Waals surface area contributed by atoms with Crippen LogP contribution in [0.2, 0.25) is 0 Å². The van der Waals surface area contributed by atoms with Crippen LogP contribution in [0.1, 0.15) is 59.3 Å². The Morgan fingerprint density at radius 3 is 2.16 bits per heavy atom. The lowest BCUT2D eigenvalue weighted by Gasteiger charge is -2.41. The third-order valence-electron chi connectivity index (χ3n) is 3.86. The van der Waals surface area contributed by atoms with Gasteiger partial charge in [0.15, 0.2) is 0 Å². The Labute approximate surface area is 116 Å². The number of rotatable bonds is 2. The van der Waals surface area contributed by atoms with Gasteiger partial charge in [-0.25, -0.2) is 4.79 Å². The highest BCUT2D eigenvalue weighted by molar-refractivity contribution is 5.69. The Morgan fingerprint density at radius 1 is 1.05 bits per heavy atom. The van der Waals surface area contributed by atoms with Crippen LogP contribution in [-0.4, -0.2) is 41.8 Å². The summed E-state index contributed by atoms with van der Waals surface area (Å²) in [5.74, 6) is 0. The lowest BCUT2D eigenvalue weighted by atomic mass is 10.0. The van der Waals surface area contributed by atoms with Gasteiger partial charge in [-0.2, -0.15) is 0 Å². The van der Waals surface area contributed by atoms with Crippen molar-refractivity contribution in [1.29, 1.82) is 0 Å². The number of hydrogen-bond acceptors (Lipinski definition) is 3. The molecular formula is C15H28N2O2. The molecule has 2 aliphatic rings. The zero-order valence-electron chi connectivity index (χ0n) is 12.6. The number of amides is 1. The van der Waals surface area contributed by atoms with Crippen LogP contribution in [0.3, 0.4) is 0 Å². The van der Waals surface area contributed by atoms with Gasteiger partial charge in [-0.3, -0.25) is 0 Å². The number of carbonyl (C=O) groups is 1. The second kappa shape index (κ2) is 6.12. The van der Waals surface area contributed by atoms with E-state index in [1.165, 1.54) is 38.5 Å². The molecule has 1 aliphatic carbocycles. The van der Waals surface area contributed by atoms with Gasteiger partial charge in [0, 0.05) is 25.2 Å². The number of carbonyl (C=O) groups excluding carboxylic acids is 1. The van der Waals surface area contributed by atoms with Gasteiger partial charge in [0.25, 0.3) is 0 Å². The molecule has 2 rings (SSSR count). The van der Waals surface area contributed by atoms with Crippen molar-refractivity contribution in [2.24, 2.45) is 0 Å². The third-order valence-corrected chi connectivity index (χ3v) is 3.86. The minimum atomic E-state index is -0.392. The highest BCUT2D eigenvalue weighted by Crippen LogP contribution is 2.20. The Hall–Kier alpha value is -0.770. The molecule has 4 nitrogen and oxygen atoms in total. The molecule has 0 spiro atoms. The van der Waals surface area contributed by atoms with E-state index in [9.17, 15) is 4.79 Å². The van der Waals surface area contributed by atoms with E-state index in [0.717, 1.165) is 13.1 Å². The first kappa shape index (κ1) is 14.6. The van der Waals surface area contributed by atoms with Crippen LogP contribution in [0.5, 0.6) is 0 Å². The summed E-state index contributed by atoms with van der Waals surface area (Å²) in [7, 11) is 0. The number of nitrogens with zero attached hydrogens (tertiary/aromatic N) is 1. The van der Waals surface area contributed by atoms with E-state index in [1.807, 2.05) is 20.8 Å². The second-order valence-corrected chi connectivity index (χ2v) is 6.94. The zero-order valence-corrected chi connectivity index (χ0v) is 12.6. The Kier molecular flexibility index (Phi) is 4.71. The zero-order chi connectivity index (χ0) is 13.9. The Bertz CT molecular complexity index is 298. The maximum Gasteiger partial charge on any atom is 0.410 e. The number of likely N-dealkylation sites (tertiary alicyclic amines) is 1. The molecule has 0 aromatic rings. The molecule has 0 radical (unpaired) electrons. The molecule has 0 atom stereocenters. The van der Waals surface area contributed by atoms with E-state index in [2.05, 4.69) is 5.32 Å². The number of ether oxygens (including phenoxy) is 1. The van der Waals surface area contributed by atoms with E-state index in [4.69, 9.17) is 4.74 Å². The molecular weight excluding hydrogens is 240 g/mol.